The van der Waals surface area contributed by atoms with Crippen LogP contribution in [0.4, 0.5) is 0 Å². The maximum atomic E-state index is 13.8. The fourth-order valence-corrected chi connectivity index (χ4v) is 4.95. The molecule has 2 aliphatic heterocycles. The highest BCUT2D eigenvalue weighted by Gasteiger charge is 2.36. The number of hydrogen-bond acceptors (Lipinski definition) is 4. The number of nitrogens with zero attached hydrogens (tertiary/aromatic N) is 3. The molecule has 2 saturated heterocycles. The molecule has 4 rings (SSSR count). The Morgan fingerprint density at radius 1 is 0.857 bits per heavy atom. The Morgan fingerprint density at radius 3 is 2.29 bits per heavy atom. The first-order valence-electron chi connectivity index (χ1n) is 12.6. The molecular formula is C28H35N3O4. The van der Waals surface area contributed by atoms with Crippen molar-refractivity contribution in [1.29, 1.82) is 0 Å². The van der Waals surface area contributed by atoms with Gasteiger partial charge >= 0.3 is 0 Å². The molecule has 7 nitrogen and oxygen atoms in total. The van der Waals surface area contributed by atoms with E-state index in [1.165, 1.54) is 0 Å². The first-order chi connectivity index (χ1) is 17.1. The SMILES string of the molecule is COc1ccc(CCC(=O)N2CCCN(C(=O)C(c3ccccc3)N3CCCCC3=O)CC2)cc1. The standard InChI is InChI=1S/C28H35N3O4/c1-35-24-14-11-22(12-15-24)13-16-25(32)29-17-7-18-30(21-20-29)28(34)27(23-8-3-2-4-9-23)31-19-6-5-10-26(31)33/h2-4,8-9,11-12,14-15,27H,5-7,10,13,16-21H2,1H3. The number of benzene rings is 2. The van der Waals surface area contributed by atoms with Gasteiger partial charge in [0, 0.05) is 45.6 Å². The number of amides is 3. The van der Waals surface area contributed by atoms with Gasteiger partial charge < -0.3 is 19.4 Å². The normalized spacial score (nSPS) is 17.6. The number of carbonyl (C=O) groups is 3. The zero-order valence-corrected chi connectivity index (χ0v) is 20.5. The number of likely N-dealkylation sites (tertiary alicyclic amines) is 1. The Bertz CT molecular complexity index is 1010. The first-order valence-corrected chi connectivity index (χ1v) is 12.6. The van der Waals surface area contributed by atoms with Gasteiger partial charge in [0.15, 0.2) is 0 Å². The van der Waals surface area contributed by atoms with Gasteiger partial charge in [0.25, 0.3) is 0 Å². The minimum absolute atomic E-state index is 0.0426. The Kier molecular flexibility index (Phi) is 8.40. The quantitative estimate of drug-likeness (QED) is 0.613. The second-order valence-corrected chi connectivity index (χ2v) is 9.27. The highest BCUT2D eigenvalue weighted by molar-refractivity contribution is 5.89. The summed E-state index contributed by atoms with van der Waals surface area (Å²) in [7, 11) is 1.64. The molecule has 1 unspecified atom stereocenters. The van der Waals surface area contributed by atoms with Crippen molar-refractivity contribution in [1.82, 2.24) is 14.7 Å². The van der Waals surface area contributed by atoms with E-state index in [4.69, 9.17) is 4.74 Å². The molecule has 0 bridgehead atoms. The molecule has 2 aliphatic rings. The molecule has 0 aromatic heterocycles. The smallest absolute Gasteiger partial charge is 0.250 e. The van der Waals surface area contributed by atoms with Crippen molar-refractivity contribution in [3.05, 3.63) is 65.7 Å². The molecule has 2 heterocycles. The molecule has 0 N–H and O–H groups in total. The second-order valence-electron chi connectivity index (χ2n) is 9.27. The van der Waals surface area contributed by atoms with Crippen LogP contribution in [0.15, 0.2) is 54.6 Å². The predicted octanol–water partition coefficient (Wildman–Crippen LogP) is 3.44. The van der Waals surface area contributed by atoms with Gasteiger partial charge in [-0.05, 0) is 48.9 Å². The van der Waals surface area contributed by atoms with Gasteiger partial charge in [-0.15, -0.1) is 0 Å². The Balaban J connectivity index is 1.38. The lowest BCUT2D eigenvalue weighted by Gasteiger charge is -2.36. The Labute approximate surface area is 207 Å². The van der Waals surface area contributed by atoms with Crippen LogP contribution in [-0.2, 0) is 20.8 Å². The van der Waals surface area contributed by atoms with E-state index < -0.39 is 6.04 Å². The van der Waals surface area contributed by atoms with Crippen LogP contribution in [0.1, 0.15) is 49.3 Å². The van der Waals surface area contributed by atoms with Gasteiger partial charge in [-0.2, -0.15) is 0 Å². The van der Waals surface area contributed by atoms with Gasteiger partial charge in [0.1, 0.15) is 11.8 Å². The maximum Gasteiger partial charge on any atom is 0.250 e. The van der Waals surface area contributed by atoms with Crippen molar-refractivity contribution >= 4 is 17.7 Å². The van der Waals surface area contributed by atoms with E-state index >= 15 is 0 Å². The third kappa shape index (κ3) is 6.21. The third-order valence-corrected chi connectivity index (χ3v) is 6.97. The van der Waals surface area contributed by atoms with Crippen LogP contribution in [0.5, 0.6) is 5.75 Å². The fraction of sp³-hybridized carbons (Fsp3) is 0.464. The molecule has 35 heavy (non-hydrogen) atoms. The maximum absolute atomic E-state index is 13.8. The second kappa shape index (κ2) is 11.9. The van der Waals surface area contributed by atoms with E-state index in [-0.39, 0.29) is 17.7 Å². The van der Waals surface area contributed by atoms with Crippen LogP contribution in [0, 0.1) is 0 Å². The molecule has 2 fully saturated rings. The van der Waals surface area contributed by atoms with Gasteiger partial charge in [-0.3, -0.25) is 14.4 Å². The zero-order valence-electron chi connectivity index (χ0n) is 20.5. The van der Waals surface area contributed by atoms with Gasteiger partial charge in [0.05, 0.1) is 7.11 Å². The lowest BCUT2D eigenvalue weighted by atomic mass is 10.00. The highest BCUT2D eigenvalue weighted by atomic mass is 16.5. The van der Waals surface area contributed by atoms with E-state index in [1.807, 2.05) is 64.4 Å². The van der Waals surface area contributed by atoms with Gasteiger partial charge in [0.2, 0.25) is 17.7 Å². The average molecular weight is 478 g/mol. The summed E-state index contributed by atoms with van der Waals surface area (Å²) in [5.41, 5.74) is 1.95. The molecule has 3 amide bonds. The van der Waals surface area contributed by atoms with Crippen molar-refractivity contribution < 1.29 is 19.1 Å². The number of methoxy groups -OCH3 is 1. The lowest BCUT2D eigenvalue weighted by molar-refractivity contribution is -0.147. The van der Waals surface area contributed by atoms with Crippen LogP contribution in [0.2, 0.25) is 0 Å². The van der Waals surface area contributed by atoms with Crippen molar-refractivity contribution in [3.8, 4) is 5.75 Å². The average Bonchev–Trinajstić information content (AvgIpc) is 3.16. The van der Waals surface area contributed by atoms with Gasteiger partial charge in [-0.1, -0.05) is 42.5 Å². The first kappa shape index (κ1) is 24.8. The third-order valence-electron chi connectivity index (χ3n) is 6.97. The number of piperidine rings is 1. The Morgan fingerprint density at radius 2 is 1.57 bits per heavy atom. The summed E-state index contributed by atoms with van der Waals surface area (Å²) >= 11 is 0. The summed E-state index contributed by atoms with van der Waals surface area (Å²) in [5.74, 6) is 0.918. The predicted molar refractivity (Wildman–Crippen MR) is 134 cm³/mol. The molecular weight excluding hydrogens is 442 g/mol. The summed E-state index contributed by atoms with van der Waals surface area (Å²) in [6.07, 6.45) is 4.13. The molecule has 1 atom stereocenters. The Hall–Kier alpha value is -3.35. The van der Waals surface area contributed by atoms with E-state index in [0.717, 1.165) is 36.1 Å². The topological polar surface area (TPSA) is 70.2 Å². The fourth-order valence-electron chi connectivity index (χ4n) is 4.95. The van der Waals surface area contributed by atoms with Crippen molar-refractivity contribution in [3.63, 3.8) is 0 Å². The lowest BCUT2D eigenvalue weighted by Crippen LogP contribution is -2.48. The van der Waals surface area contributed by atoms with Crippen LogP contribution in [0.25, 0.3) is 0 Å². The summed E-state index contributed by atoms with van der Waals surface area (Å²) in [5, 5.41) is 0. The number of ether oxygens (including phenoxy) is 1. The van der Waals surface area contributed by atoms with Crippen LogP contribution in [0.3, 0.4) is 0 Å². The molecule has 186 valence electrons. The largest absolute Gasteiger partial charge is 0.497 e. The molecule has 0 spiro atoms. The van der Waals surface area contributed by atoms with E-state index in [2.05, 4.69) is 0 Å². The monoisotopic (exact) mass is 477 g/mol. The summed E-state index contributed by atoms with van der Waals surface area (Å²) in [6.45, 7) is 2.84. The molecule has 0 aliphatic carbocycles. The molecule has 0 radical (unpaired) electrons. The van der Waals surface area contributed by atoms with E-state index in [9.17, 15) is 14.4 Å². The van der Waals surface area contributed by atoms with Crippen molar-refractivity contribution in [2.75, 3.05) is 39.8 Å². The number of aryl methyl sites for hydroxylation is 1. The van der Waals surface area contributed by atoms with E-state index in [1.54, 1.807) is 12.0 Å². The molecule has 2 aromatic rings. The minimum Gasteiger partial charge on any atom is -0.497 e. The molecule has 2 aromatic carbocycles. The van der Waals surface area contributed by atoms with Crippen molar-refractivity contribution in [2.24, 2.45) is 0 Å². The molecule has 7 heteroatoms. The van der Waals surface area contributed by atoms with E-state index in [0.29, 0.717) is 52.0 Å². The number of hydrogen-bond donors (Lipinski definition) is 0. The summed E-state index contributed by atoms with van der Waals surface area (Å²) in [6, 6.07) is 16.8. The number of carbonyl (C=O) groups excluding carboxylic acids is 3. The minimum atomic E-state index is -0.596. The summed E-state index contributed by atoms with van der Waals surface area (Å²) < 4.78 is 5.19. The molecule has 0 saturated carbocycles. The van der Waals surface area contributed by atoms with Crippen molar-refractivity contribution in [2.45, 2.75) is 44.6 Å². The van der Waals surface area contributed by atoms with Crippen LogP contribution >= 0.6 is 0 Å². The van der Waals surface area contributed by atoms with Crippen LogP contribution < -0.4 is 4.74 Å². The number of rotatable bonds is 7. The van der Waals surface area contributed by atoms with Crippen LogP contribution in [-0.4, -0.2) is 72.3 Å². The zero-order chi connectivity index (χ0) is 24.6. The highest BCUT2D eigenvalue weighted by Crippen LogP contribution is 2.28. The van der Waals surface area contributed by atoms with Gasteiger partial charge in [-0.25, -0.2) is 0 Å². The summed E-state index contributed by atoms with van der Waals surface area (Å²) in [4.78, 5) is 44.9.